The number of hydrogen-bond donors (Lipinski definition) is 2. The summed E-state index contributed by atoms with van der Waals surface area (Å²) in [5.41, 5.74) is -0.273. The molecular weight excluding hydrogens is 244 g/mol. The second-order valence-electron chi connectivity index (χ2n) is 5.48. The summed E-state index contributed by atoms with van der Waals surface area (Å²) >= 11 is 0. The molecule has 1 saturated carbocycles. The van der Waals surface area contributed by atoms with Crippen LogP contribution in [-0.4, -0.2) is 28.9 Å². The Bertz CT molecular complexity index is 499. The average molecular weight is 262 g/mol. The van der Waals surface area contributed by atoms with Crippen LogP contribution in [-0.2, 0) is 10.2 Å². The predicted molar refractivity (Wildman–Crippen MR) is 69.2 cm³/mol. The lowest BCUT2D eigenvalue weighted by Crippen LogP contribution is -2.49. The average Bonchev–Trinajstić information content (AvgIpc) is 2.84. The molecule has 3 atom stereocenters. The molecule has 0 saturated heterocycles. The number of para-hydroxylation sites is 1. The van der Waals surface area contributed by atoms with Gasteiger partial charge in [0.15, 0.2) is 0 Å². The van der Waals surface area contributed by atoms with Gasteiger partial charge in [-0.2, -0.15) is 0 Å². The van der Waals surface area contributed by atoms with E-state index in [2.05, 4.69) is 0 Å². The number of aliphatic hydroxyl groups excluding tert-OH is 1. The maximum atomic E-state index is 12.0. The molecule has 4 nitrogen and oxygen atoms in total. The minimum absolute atomic E-state index is 0.213. The van der Waals surface area contributed by atoms with Crippen molar-refractivity contribution >= 4 is 5.97 Å². The fraction of sp³-hybridized carbons (Fsp3) is 0.533. The molecule has 1 aromatic rings. The number of aliphatic hydroxyl groups is 1. The van der Waals surface area contributed by atoms with E-state index in [4.69, 9.17) is 4.74 Å². The van der Waals surface area contributed by atoms with Gasteiger partial charge in [0.1, 0.15) is 11.2 Å². The highest BCUT2D eigenvalue weighted by atomic mass is 16.5. The minimum atomic E-state index is -0.995. The zero-order chi connectivity index (χ0) is 13.5. The van der Waals surface area contributed by atoms with Crippen LogP contribution in [0.4, 0.5) is 0 Å². The Morgan fingerprint density at radius 2 is 2.11 bits per heavy atom. The van der Waals surface area contributed by atoms with Gasteiger partial charge < -0.3 is 14.9 Å². The van der Waals surface area contributed by atoms with Gasteiger partial charge in [0.2, 0.25) is 0 Å². The maximum Gasteiger partial charge on any atom is 0.314 e. The third-order valence-corrected chi connectivity index (χ3v) is 4.62. The first-order chi connectivity index (χ1) is 9.16. The van der Waals surface area contributed by atoms with Gasteiger partial charge in [0.25, 0.3) is 0 Å². The van der Waals surface area contributed by atoms with E-state index in [-0.39, 0.29) is 5.92 Å². The van der Waals surface area contributed by atoms with Gasteiger partial charge in [-0.1, -0.05) is 24.6 Å². The summed E-state index contributed by atoms with van der Waals surface area (Å²) in [6.45, 7) is 0.395. The van der Waals surface area contributed by atoms with Crippen molar-refractivity contribution in [1.29, 1.82) is 0 Å². The van der Waals surface area contributed by atoms with Crippen LogP contribution in [0.2, 0.25) is 0 Å². The molecule has 1 aliphatic heterocycles. The van der Waals surface area contributed by atoms with Crippen molar-refractivity contribution in [3.8, 4) is 5.75 Å². The van der Waals surface area contributed by atoms with Crippen molar-refractivity contribution in [2.75, 3.05) is 6.61 Å². The van der Waals surface area contributed by atoms with Gasteiger partial charge >= 0.3 is 5.97 Å². The molecule has 4 heteroatoms. The highest BCUT2D eigenvalue weighted by Gasteiger charge is 2.54. The summed E-state index contributed by atoms with van der Waals surface area (Å²) in [5, 5.41) is 20.0. The smallest absolute Gasteiger partial charge is 0.314 e. The largest absolute Gasteiger partial charge is 0.493 e. The Labute approximate surface area is 112 Å². The highest BCUT2D eigenvalue weighted by Crippen LogP contribution is 2.49. The quantitative estimate of drug-likeness (QED) is 0.855. The van der Waals surface area contributed by atoms with Crippen molar-refractivity contribution in [3.05, 3.63) is 29.8 Å². The molecule has 1 fully saturated rings. The summed E-state index contributed by atoms with van der Waals surface area (Å²) in [5.74, 6) is -0.403. The maximum absolute atomic E-state index is 12.0. The number of carbonyl (C=O) groups is 1. The lowest BCUT2D eigenvalue weighted by Gasteiger charge is -2.41. The van der Waals surface area contributed by atoms with Crippen LogP contribution in [0, 0.1) is 5.92 Å². The van der Waals surface area contributed by atoms with E-state index < -0.39 is 17.5 Å². The number of ether oxygens (including phenoxy) is 1. The molecule has 2 aliphatic rings. The first kappa shape index (κ1) is 12.5. The van der Waals surface area contributed by atoms with Gasteiger partial charge in [0, 0.05) is 17.9 Å². The summed E-state index contributed by atoms with van der Waals surface area (Å²) in [7, 11) is 0. The first-order valence-corrected chi connectivity index (χ1v) is 6.80. The van der Waals surface area contributed by atoms with Crippen molar-refractivity contribution in [2.24, 2.45) is 5.92 Å². The highest BCUT2D eigenvalue weighted by molar-refractivity contribution is 5.83. The number of carboxylic acid groups (broad SMARTS) is 1. The standard InChI is InChI=1S/C15H18O4/c16-12-6-3-5-10(12)15(14(17)18)8-9-19-13-7-2-1-4-11(13)15/h1-2,4,7,10,12,16H,3,5-6,8-9H2,(H,17,18). The molecule has 0 amide bonds. The van der Waals surface area contributed by atoms with E-state index in [1.165, 1.54) is 0 Å². The molecule has 102 valence electrons. The molecular formula is C15H18O4. The van der Waals surface area contributed by atoms with E-state index in [1.807, 2.05) is 24.3 Å². The number of rotatable bonds is 2. The van der Waals surface area contributed by atoms with Crippen LogP contribution >= 0.6 is 0 Å². The molecule has 19 heavy (non-hydrogen) atoms. The summed E-state index contributed by atoms with van der Waals surface area (Å²) in [6, 6.07) is 7.33. The van der Waals surface area contributed by atoms with E-state index in [0.717, 1.165) is 18.4 Å². The predicted octanol–water partition coefficient (Wildman–Crippen LogP) is 1.95. The summed E-state index contributed by atoms with van der Waals surface area (Å²) in [6.07, 6.45) is 2.26. The molecule has 0 radical (unpaired) electrons. The molecule has 1 aromatic carbocycles. The molecule has 1 aliphatic carbocycles. The monoisotopic (exact) mass is 262 g/mol. The van der Waals surface area contributed by atoms with Crippen LogP contribution in [0.5, 0.6) is 5.75 Å². The molecule has 0 bridgehead atoms. The van der Waals surface area contributed by atoms with Crippen LogP contribution in [0.15, 0.2) is 24.3 Å². The second-order valence-corrected chi connectivity index (χ2v) is 5.48. The van der Waals surface area contributed by atoms with Gasteiger partial charge in [0.05, 0.1) is 12.7 Å². The lowest BCUT2D eigenvalue weighted by atomic mass is 9.65. The minimum Gasteiger partial charge on any atom is -0.493 e. The topological polar surface area (TPSA) is 66.8 Å². The van der Waals surface area contributed by atoms with Gasteiger partial charge in [-0.05, 0) is 18.9 Å². The van der Waals surface area contributed by atoms with Gasteiger partial charge in [-0.25, -0.2) is 0 Å². The Kier molecular flexibility index (Phi) is 2.97. The normalized spacial score (nSPS) is 33.5. The molecule has 0 spiro atoms. The molecule has 0 aromatic heterocycles. The van der Waals surface area contributed by atoms with Crippen LogP contribution in [0.3, 0.4) is 0 Å². The van der Waals surface area contributed by atoms with Crippen molar-refractivity contribution < 1.29 is 19.7 Å². The van der Waals surface area contributed by atoms with Gasteiger partial charge in [-0.15, -0.1) is 0 Å². The van der Waals surface area contributed by atoms with Crippen LogP contribution < -0.4 is 4.74 Å². The van der Waals surface area contributed by atoms with Crippen molar-refractivity contribution in [3.63, 3.8) is 0 Å². The molecule has 3 unspecified atom stereocenters. The van der Waals surface area contributed by atoms with E-state index in [0.29, 0.717) is 25.2 Å². The fourth-order valence-electron chi connectivity index (χ4n) is 3.70. The van der Waals surface area contributed by atoms with E-state index in [1.54, 1.807) is 0 Å². The number of aliphatic carboxylic acids is 1. The third kappa shape index (κ3) is 1.74. The number of benzene rings is 1. The number of hydrogen-bond acceptors (Lipinski definition) is 3. The van der Waals surface area contributed by atoms with Crippen molar-refractivity contribution in [1.82, 2.24) is 0 Å². The lowest BCUT2D eigenvalue weighted by molar-refractivity contribution is -0.149. The molecule has 3 rings (SSSR count). The third-order valence-electron chi connectivity index (χ3n) is 4.62. The Hall–Kier alpha value is -1.55. The molecule has 2 N–H and O–H groups in total. The van der Waals surface area contributed by atoms with Gasteiger partial charge in [-0.3, -0.25) is 4.79 Å². The van der Waals surface area contributed by atoms with Crippen LogP contribution in [0.1, 0.15) is 31.2 Å². The Morgan fingerprint density at radius 1 is 1.32 bits per heavy atom. The SMILES string of the molecule is O=C(O)C1(C2CCCC2O)CCOc2ccccc21. The van der Waals surface area contributed by atoms with Crippen LogP contribution in [0.25, 0.3) is 0 Å². The second kappa shape index (κ2) is 4.53. The Balaban J connectivity index is 2.14. The molecule has 1 heterocycles. The Morgan fingerprint density at radius 3 is 2.79 bits per heavy atom. The first-order valence-electron chi connectivity index (χ1n) is 6.80. The zero-order valence-electron chi connectivity index (χ0n) is 10.7. The zero-order valence-corrected chi connectivity index (χ0v) is 10.7. The summed E-state index contributed by atoms with van der Waals surface area (Å²) in [4.78, 5) is 12.0. The van der Waals surface area contributed by atoms with E-state index in [9.17, 15) is 15.0 Å². The number of carboxylic acids is 1. The van der Waals surface area contributed by atoms with Crippen molar-refractivity contribution in [2.45, 2.75) is 37.2 Å². The number of fused-ring (bicyclic) bond motifs is 1. The summed E-state index contributed by atoms with van der Waals surface area (Å²) < 4.78 is 5.58. The fourth-order valence-corrected chi connectivity index (χ4v) is 3.70. The van der Waals surface area contributed by atoms with E-state index >= 15 is 0 Å².